The number of nitrogens with two attached hydrogens (primary N) is 1. The molecule has 1 atom stereocenters. The average Bonchev–Trinajstić information content (AvgIpc) is 2.15. The molecular weight excluding hydrogens is 200 g/mol. The normalized spacial score (nSPS) is 12.6. The summed E-state index contributed by atoms with van der Waals surface area (Å²) in [6.07, 6.45) is 3.31. The smallest absolute Gasteiger partial charge is 0.217 e. The third kappa shape index (κ3) is 2.86. The Morgan fingerprint density at radius 3 is 2.93 bits per heavy atom. The molecule has 1 aromatic heterocycles. The number of rotatable bonds is 4. The van der Waals surface area contributed by atoms with Crippen molar-refractivity contribution in [1.29, 1.82) is 0 Å². The maximum atomic E-state index is 6.03. The van der Waals surface area contributed by atoms with Gasteiger partial charge in [0.25, 0.3) is 0 Å². The molecule has 0 amide bonds. The van der Waals surface area contributed by atoms with E-state index in [1.165, 1.54) is 0 Å². The first kappa shape index (κ1) is 11.3. The predicted molar refractivity (Wildman–Crippen MR) is 57.8 cm³/mol. The van der Waals surface area contributed by atoms with Crippen LogP contribution >= 0.6 is 11.6 Å². The first-order valence-electron chi connectivity index (χ1n) is 4.58. The molecule has 1 heterocycles. The summed E-state index contributed by atoms with van der Waals surface area (Å²) in [5.74, 6) is 0.596. The van der Waals surface area contributed by atoms with Crippen molar-refractivity contribution in [1.82, 2.24) is 4.98 Å². The van der Waals surface area contributed by atoms with Crippen LogP contribution in [0.2, 0.25) is 5.02 Å². The van der Waals surface area contributed by atoms with Crippen molar-refractivity contribution in [2.75, 3.05) is 7.11 Å². The third-order valence-electron chi connectivity index (χ3n) is 2.00. The van der Waals surface area contributed by atoms with Gasteiger partial charge in [0.15, 0.2) is 0 Å². The minimum atomic E-state index is 0.163. The van der Waals surface area contributed by atoms with Gasteiger partial charge in [-0.3, -0.25) is 0 Å². The molecule has 4 heteroatoms. The van der Waals surface area contributed by atoms with Crippen LogP contribution in [-0.4, -0.2) is 18.1 Å². The first-order valence-corrected chi connectivity index (χ1v) is 4.96. The molecule has 14 heavy (non-hydrogen) atoms. The topological polar surface area (TPSA) is 48.1 Å². The lowest BCUT2D eigenvalue weighted by molar-refractivity contribution is 0.391. The molecule has 0 aromatic carbocycles. The Morgan fingerprint density at radius 2 is 2.36 bits per heavy atom. The van der Waals surface area contributed by atoms with Gasteiger partial charge >= 0.3 is 0 Å². The third-order valence-corrected chi connectivity index (χ3v) is 2.36. The highest BCUT2D eigenvalue weighted by molar-refractivity contribution is 6.31. The van der Waals surface area contributed by atoms with Crippen molar-refractivity contribution >= 4 is 11.6 Å². The lowest BCUT2D eigenvalue weighted by Gasteiger charge is -2.10. The molecule has 0 bridgehead atoms. The Bertz CT molecular complexity index is 302. The number of ether oxygens (including phenoxy) is 1. The van der Waals surface area contributed by atoms with Crippen molar-refractivity contribution in [2.24, 2.45) is 5.73 Å². The second-order valence-electron chi connectivity index (χ2n) is 3.30. The lowest BCUT2D eigenvalue weighted by Crippen LogP contribution is -2.15. The molecule has 0 unspecified atom stereocenters. The molecule has 0 aliphatic rings. The number of nitrogens with zero attached hydrogens (tertiary/aromatic N) is 1. The Hall–Kier alpha value is -0.800. The molecule has 2 N–H and O–H groups in total. The van der Waals surface area contributed by atoms with Gasteiger partial charge in [0.2, 0.25) is 5.88 Å². The van der Waals surface area contributed by atoms with E-state index in [1.54, 1.807) is 19.4 Å². The second-order valence-corrected chi connectivity index (χ2v) is 3.70. The average molecular weight is 215 g/mol. The fourth-order valence-corrected chi connectivity index (χ4v) is 1.46. The van der Waals surface area contributed by atoms with Gasteiger partial charge in [0.05, 0.1) is 12.1 Å². The Kier molecular flexibility index (Phi) is 4.17. The summed E-state index contributed by atoms with van der Waals surface area (Å²) in [7, 11) is 1.59. The lowest BCUT2D eigenvalue weighted by atomic mass is 10.1. The standard InChI is InChI=1S/C10H15ClN2O/c1-7(12)3-4-8-9(11)5-6-13-10(8)14-2/h5-7H,3-4,12H2,1-2H3/t7-/m0/s1. The Morgan fingerprint density at radius 1 is 1.64 bits per heavy atom. The van der Waals surface area contributed by atoms with E-state index in [0.717, 1.165) is 18.4 Å². The minimum absolute atomic E-state index is 0.163. The summed E-state index contributed by atoms with van der Waals surface area (Å²) in [6.45, 7) is 1.97. The first-order chi connectivity index (χ1) is 6.65. The van der Waals surface area contributed by atoms with Crippen molar-refractivity contribution in [2.45, 2.75) is 25.8 Å². The Labute approximate surface area is 89.2 Å². The van der Waals surface area contributed by atoms with E-state index >= 15 is 0 Å². The van der Waals surface area contributed by atoms with E-state index < -0.39 is 0 Å². The zero-order valence-electron chi connectivity index (χ0n) is 8.46. The predicted octanol–water partition coefficient (Wildman–Crippen LogP) is 2.02. The van der Waals surface area contributed by atoms with E-state index in [0.29, 0.717) is 10.9 Å². The van der Waals surface area contributed by atoms with Gasteiger partial charge in [-0.1, -0.05) is 11.6 Å². The highest BCUT2D eigenvalue weighted by Crippen LogP contribution is 2.25. The molecule has 78 valence electrons. The molecule has 0 saturated carbocycles. The van der Waals surface area contributed by atoms with E-state index in [2.05, 4.69) is 4.98 Å². The van der Waals surface area contributed by atoms with Gasteiger partial charge in [0, 0.05) is 17.8 Å². The summed E-state index contributed by atoms with van der Waals surface area (Å²) in [5, 5.41) is 0.692. The van der Waals surface area contributed by atoms with Crippen LogP contribution in [-0.2, 0) is 6.42 Å². The summed E-state index contributed by atoms with van der Waals surface area (Å²) in [5.41, 5.74) is 6.62. The van der Waals surface area contributed by atoms with Crippen molar-refractivity contribution in [3.05, 3.63) is 22.8 Å². The number of aromatic nitrogens is 1. The van der Waals surface area contributed by atoms with Gasteiger partial charge in [-0.05, 0) is 25.8 Å². The molecule has 1 aromatic rings. The second kappa shape index (κ2) is 5.17. The molecule has 0 aliphatic carbocycles. The van der Waals surface area contributed by atoms with Crippen LogP contribution in [0.15, 0.2) is 12.3 Å². The summed E-state index contributed by atoms with van der Waals surface area (Å²) in [6, 6.07) is 1.93. The van der Waals surface area contributed by atoms with E-state index in [4.69, 9.17) is 22.1 Å². The van der Waals surface area contributed by atoms with Gasteiger partial charge in [-0.2, -0.15) is 0 Å². The van der Waals surface area contributed by atoms with Crippen LogP contribution in [0.4, 0.5) is 0 Å². The maximum absolute atomic E-state index is 6.03. The number of methoxy groups -OCH3 is 1. The van der Waals surface area contributed by atoms with E-state index in [-0.39, 0.29) is 6.04 Å². The molecule has 1 rings (SSSR count). The fraction of sp³-hybridized carbons (Fsp3) is 0.500. The van der Waals surface area contributed by atoms with Gasteiger partial charge in [0.1, 0.15) is 0 Å². The van der Waals surface area contributed by atoms with Gasteiger partial charge < -0.3 is 10.5 Å². The van der Waals surface area contributed by atoms with Crippen molar-refractivity contribution in [3.63, 3.8) is 0 Å². The SMILES string of the molecule is COc1nccc(Cl)c1CC[C@H](C)N. The number of halogens is 1. The molecule has 0 fully saturated rings. The molecular formula is C10H15ClN2O. The molecule has 3 nitrogen and oxygen atoms in total. The van der Waals surface area contributed by atoms with Crippen LogP contribution in [0.1, 0.15) is 18.9 Å². The molecule has 0 aliphatic heterocycles. The van der Waals surface area contributed by atoms with Crippen LogP contribution < -0.4 is 10.5 Å². The molecule has 0 spiro atoms. The zero-order valence-corrected chi connectivity index (χ0v) is 9.21. The highest BCUT2D eigenvalue weighted by atomic mass is 35.5. The number of hydrogen-bond acceptors (Lipinski definition) is 3. The van der Waals surface area contributed by atoms with Crippen molar-refractivity contribution < 1.29 is 4.74 Å². The van der Waals surface area contributed by atoms with Gasteiger partial charge in [-0.15, -0.1) is 0 Å². The quantitative estimate of drug-likeness (QED) is 0.835. The molecule has 0 radical (unpaired) electrons. The van der Waals surface area contributed by atoms with Crippen LogP contribution in [0.3, 0.4) is 0 Å². The van der Waals surface area contributed by atoms with E-state index in [9.17, 15) is 0 Å². The van der Waals surface area contributed by atoms with Gasteiger partial charge in [-0.25, -0.2) is 4.98 Å². The summed E-state index contributed by atoms with van der Waals surface area (Å²) < 4.78 is 5.12. The fourth-order valence-electron chi connectivity index (χ4n) is 1.23. The maximum Gasteiger partial charge on any atom is 0.217 e. The van der Waals surface area contributed by atoms with Crippen molar-refractivity contribution in [3.8, 4) is 5.88 Å². The highest BCUT2D eigenvalue weighted by Gasteiger charge is 2.09. The zero-order chi connectivity index (χ0) is 10.6. The minimum Gasteiger partial charge on any atom is -0.481 e. The Balaban J connectivity index is 2.82. The summed E-state index contributed by atoms with van der Waals surface area (Å²) in [4.78, 5) is 4.09. The van der Waals surface area contributed by atoms with Crippen LogP contribution in [0, 0.1) is 0 Å². The van der Waals surface area contributed by atoms with Crippen LogP contribution in [0.5, 0.6) is 5.88 Å². The van der Waals surface area contributed by atoms with Crippen LogP contribution in [0.25, 0.3) is 0 Å². The monoisotopic (exact) mass is 214 g/mol. The largest absolute Gasteiger partial charge is 0.481 e. The molecule has 0 saturated heterocycles. The van der Waals surface area contributed by atoms with E-state index in [1.807, 2.05) is 6.92 Å². The summed E-state index contributed by atoms with van der Waals surface area (Å²) >= 11 is 6.03. The number of hydrogen-bond donors (Lipinski definition) is 1. The number of pyridine rings is 1.